The van der Waals surface area contributed by atoms with E-state index in [1.165, 1.54) is 0 Å². The van der Waals surface area contributed by atoms with E-state index in [4.69, 9.17) is 10.7 Å². The highest BCUT2D eigenvalue weighted by molar-refractivity contribution is 5.77. The zero-order chi connectivity index (χ0) is 21.5. The van der Waals surface area contributed by atoms with Gasteiger partial charge in [-0.2, -0.15) is 20.2 Å². The van der Waals surface area contributed by atoms with Crippen LogP contribution in [0.3, 0.4) is 0 Å². The maximum Gasteiger partial charge on any atom is 0.223 e. The second kappa shape index (κ2) is 7.20. The number of aromatic nitrogens is 9. The Kier molecular flexibility index (Phi) is 4.35. The Morgan fingerprint density at radius 1 is 1.03 bits per heavy atom. The number of nitrogen functional groups attached to an aromatic ring is 1. The normalized spacial score (nSPS) is 11.5. The van der Waals surface area contributed by atoms with E-state index >= 15 is 0 Å². The van der Waals surface area contributed by atoms with Gasteiger partial charge < -0.3 is 11.1 Å². The van der Waals surface area contributed by atoms with E-state index < -0.39 is 0 Å². The number of fused-ring (bicyclic) bond motifs is 1. The number of rotatable bonds is 5. The minimum absolute atomic E-state index is 0.152. The molecule has 5 heterocycles. The number of pyridine rings is 1. The lowest BCUT2D eigenvalue weighted by molar-refractivity contribution is 0.532. The molecule has 0 bridgehead atoms. The summed E-state index contributed by atoms with van der Waals surface area (Å²) in [6.45, 7) is 5.96. The Hall–Kier alpha value is -4.28. The number of aromatic amines is 1. The molecule has 0 atom stereocenters. The van der Waals surface area contributed by atoms with Crippen molar-refractivity contribution in [1.82, 2.24) is 44.3 Å². The van der Waals surface area contributed by atoms with Crippen LogP contribution in [0.5, 0.6) is 0 Å². The molecule has 11 heteroatoms. The summed E-state index contributed by atoms with van der Waals surface area (Å²) in [6.07, 6.45) is 7.53. The van der Waals surface area contributed by atoms with E-state index in [0.717, 1.165) is 16.8 Å². The fourth-order valence-electron chi connectivity index (χ4n) is 3.35. The largest absolute Gasteiger partial charge is 0.368 e. The molecule has 0 aliphatic heterocycles. The number of hydrogen-bond acceptors (Lipinski definition) is 8. The standard InChI is InChI=1S/C20H21N11/c1-11(2)31-10-14(8-23-31)13-4-5-16-27-19(26-15-6-7-22-29-15)17(30(16)9-13)18-24-12(3)25-20(21)28-18/h4-11H,1-3H3,(H2,22,26,29)(H2,21,24,25,28). The number of aryl methyl sites for hydroxylation is 1. The number of nitrogens with zero attached hydrogens (tertiary/aromatic N) is 8. The second-order valence-corrected chi connectivity index (χ2v) is 7.42. The Bertz CT molecular complexity index is 1340. The highest BCUT2D eigenvalue weighted by Gasteiger charge is 2.19. The van der Waals surface area contributed by atoms with E-state index in [1.54, 1.807) is 13.1 Å². The molecule has 31 heavy (non-hydrogen) atoms. The Morgan fingerprint density at radius 2 is 1.90 bits per heavy atom. The van der Waals surface area contributed by atoms with Crippen LogP contribution in [0.15, 0.2) is 43.0 Å². The monoisotopic (exact) mass is 415 g/mol. The fraction of sp³-hybridized carbons (Fsp3) is 0.200. The second-order valence-electron chi connectivity index (χ2n) is 7.42. The third kappa shape index (κ3) is 3.45. The summed E-state index contributed by atoms with van der Waals surface area (Å²) >= 11 is 0. The summed E-state index contributed by atoms with van der Waals surface area (Å²) in [7, 11) is 0. The lowest BCUT2D eigenvalue weighted by Gasteiger charge is -2.07. The van der Waals surface area contributed by atoms with Gasteiger partial charge in [0.25, 0.3) is 0 Å². The average Bonchev–Trinajstić information content (AvgIpc) is 3.46. The molecular formula is C20H21N11. The van der Waals surface area contributed by atoms with Crippen molar-refractivity contribution in [2.45, 2.75) is 26.8 Å². The van der Waals surface area contributed by atoms with Crippen molar-refractivity contribution in [2.75, 3.05) is 11.1 Å². The van der Waals surface area contributed by atoms with Crippen molar-refractivity contribution < 1.29 is 0 Å². The molecular weight excluding hydrogens is 394 g/mol. The van der Waals surface area contributed by atoms with Crippen LogP contribution in [-0.4, -0.2) is 44.3 Å². The fourth-order valence-corrected chi connectivity index (χ4v) is 3.35. The number of imidazole rings is 1. The lowest BCUT2D eigenvalue weighted by atomic mass is 10.1. The minimum atomic E-state index is 0.152. The van der Waals surface area contributed by atoms with Gasteiger partial charge in [-0.25, -0.2) is 9.97 Å². The SMILES string of the molecule is Cc1nc(N)nc(-c2c(Nc3ccn[nH]3)nc3ccc(-c4cnn(C(C)C)c4)cn23)n1. The van der Waals surface area contributed by atoms with Crippen molar-refractivity contribution in [3.05, 3.63) is 48.8 Å². The molecule has 0 aliphatic carbocycles. The Labute approximate surface area is 177 Å². The summed E-state index contributed by atoms with van der Waals surface area (Å²) in [4.78, 5) is 17.7. The van der Waals surface area contributed by atoms with Crippen molar-refractivity contribution in [3.8, 4) is 22.6 Å². The van der Waals surface area contributed by atoms with Crippen LogP contribution >= 0.6 is 0 Å². The molecule has 0 amide bonds. The van der Waals surface area contributed by atoms with Crippen LogP contribution in [0.2, 0.25) is 0 Å². The molecule has 0 aliphatic rings. The Balaban J connectivity index is 1.70. The maximum absolute atomic E-state index is 5.91. The molecule has 0 saturated heterocycles. The first-order valence-electron chi connectivity index (χ1n) is 9.79. The van der Waals surface area contributed by atoms with Gasteiger partial charge >= 0.3 is 0 Å². The molecule has 0 radical (unpaired) electrons. The van der Waals surface area contributed by atoms with E-state index in [2.05, 4.69) is 49.4 Å². The van der Waals surface area contributed by atoms with Gasteiger partial charge in [-0.05, 0) is 32.9 Å². The van der Waals surface area contributed by atoms with Crippen LogP contribution in [0, 0.1) is 6.92 Å². The van der Waals surface area contributed by atoms with Gasteiger partial charge in [-0.15, -0.1) is 0 Å². The van der Waals surface area contributed by atoms with Gasteiger partial charge in [0, 0.05) is 35.6 Å². The zero-order valence-electron chi connectivity index (χ0n) is 17.3. The molecule has 0 unspecified atom stereocenters. The molecule has 0 saturated carbocycles. The summed E-state index contributed by atoms with van der Waals surface area (Å²) in [5.41, 5.74) is 9.30. The van der Waals surface area contributed by atoms with Crippen LogP contribution in [-0.2, 0) is 0 Å². The maximum atomic E-state index is 5.91. The van der Waals surface area contributed by atoms with E-state index in [1.807, 2.05) is 45.9 Å². The molecule has 11 nitrogen and oxygen atoms in total. The summed E-state index contributed by atoms with van der Waals surface area (Å²) in [6, 6.07) is 6.05. The van der Waals surface area contributed by atoms with Gasteiger partial charge in [-0.1, -0.05) is 0 Å². The number of nitrogens with one attached hydrogen (secondary N) is 2. The van der Waals surface area contributed by atoms with Gasteiger partial charge in [0.15, 0.2) is 11.6 Å². The molecule has 0 fully saturated rings. The minimum Gasteiger partial charge on any atom is -0.368 e. The average molecular weight is 415 g/mol. The van der Waals surface area contributed by atoms with E-state index in [-0.39, 0.29) is 12.0 Å². The predicted octanol–water partition coefficient (Wildman–Crippen LogP) is 2.99. The first-order chi connectivity index (χ1) is 15.0. The van der Waals surface area contributed by atoms with Crippen molar-refractivity contribution in [1.29, 1.82) is 0 Å². The summed E-state index contributed by atoms with van der Waals surface area (Å²) < 4.78 is 3.87. The van der Waals surface area contributed by atoms with E-state index in [0.29, 0.717) is 29.0 Å². The molecule has 0 aromatic carbocycles. The molecule has 5 rings (SSSR count). The quantitative estimate of drug-likeness (QED) is 0.398. The van der Waals surface area contributed by atoms with Crippen LogP contribution in [0.4, 0.5) is 17.6 Å². The lowest BCUT2D eigenvalue weighted by Crippen LogP contribution is -2.05. The zero-order valence-corrected chi connectivity index (χ0v) is 17.3. The van der Waals surface area contributed by atoms with Crippen LogP contribution < -0.4 is 11.1 Å². The number of nitrogens with two attached hydrogens (primary N) is 1. The first kappa shape index (κ1) is 18.7. The first-order valence-corrected chi connectivity index (χ1v) is 9.79. The third-order valence-electron chi connectivity index (χ3n) is 4.81. The number of H-pyrrole nitrogens is 1. The molecule has 5 aromatic heterocycles. The number of hydrogen-bond donors (Lipinski definition) is 3. The van der Waals surface area contributed by atoms with Crippen molar-refractivity contribution in [2.24, 2.45) is 0 Å². The molecule has 0 spiro atoms. The van der Waals surface area contributed by atoms with Crippen LogP contribution in [0.25, 0.3) is 28.3 Å². The van der Waals surface area contributed by atoms with E-state index in [9.17, 15) is 0 Å². The molecule has 4 N–H and O–H groups in total. The highest BCUT2D eigenvalue weighted by Crippen LogP contribution is 2.31. The Morgan fingerprint density at radius 3 is 2.61 bits per heavy atom. The van der Waals surface area contributed by atoms with Gasteiger partial charge in [0.2, 0.25) is 5.95 Å². The molecule has 5 aromatic rings. The topological polar surface area (TPSA) is 141 Å². The summed E-state index contributed by atoms with van der Waals surface area (Å²) in [5, 5.41) is 14.6. The van der Waals surface area contributed by atoms with Crippen molar-refractivity contribution >= 4 is 23.2 Å². The van der Waals surface area contributed by atoms with Gasteiger partial charge in [0.1, 0.15) is 23.0 Å². The van der Waals surface area contributed by atoms with Crippen molar-refractivity contribution in [3.63, 3.8) is 0 Å². The number of anilines is 3. The van der Waals surface area contributed by atoms with Crippen LogP contribution in [0.1, 0.15) is 25.7 Å². The smallest absolute Gasteiger partial charge is 0.223 e. The van der Waals surface area contributed by atoms with Gasteiger partial charge in [0.05, 0.1) is 12.4 Å². The van der Waals surface area contributed by atoms with Gasteiger partial charge in [-0.3, -0.25) is 14.2 Å². The predicted molar refractivity (Wildman–Crippen MR) is 117 cm³/mol. The third-order valence-corrected chi connectivity index (χ3v) is 4.81. The summed E-state index contributed by atoms with van der Waals surface area (Å²) in [5.74, 6) is 2.37. The highest BCUT2D eigenvalue weighted by atomic mass is 15.3. The molecule has 156 valence electrons.